The Morgan fingerprint density at radius 2 is 2.21 bits per heavy atom. The Bertz CT molecular complexity index is 235. The van der Waals surface area contributed by atoms with Crippen molar-refractivity contribution in [3.05, 3.63) is 0 Å². The molecule has 2 unspecified atom stereocenters. The number of nitrogens with two attached hydrogens (primary N) is 1. The lowest BCUT2D eigenvalue weighted by Crippen LogP contribution is -2.48. The zero-order valence-electron chi connectivity index (χ0n) is 8.88. The van der Waals surface area contributed by atoms with Gasteiger partial charge in [0.05, 0.1) is 5.54 Å². The third-order valence-electron chi connectivity index (χ3n) is 3.74. The van der Waals surface area contributed by atoms with Crippen LogP contribution < -0.4 is 11.1 Å². The van der Waals surface area contributed by atoms with Gasteiger partial charge < -0.3 is 11.1 Å². The highest BCUT2D eigenvalue weighted by Crippen LogP contribution is 2.34. The van der Waals surface area contributed by atoms with Crippen molar-refractivity contribution in [1.82, 2.24) is 5.32 Å². The topological polar surface area (TPSA) is 55.1 Å². The van der Waals surface area contributed by atoms with Crippen LogP contribution in [0, 0.1) is 5.92 Å². The van der Waals surface area contributed by atoms with Crippen molar-refractivity contribution in [3.8, 4) is 0 Å². The maximum Gasteiger partial charge on any atom is 0.240 e. The van der Waals surface area contributed by atoms with Gasteiger partial charge in [0, 0.05) is 6.04 Å². The summed E-state index contributed by atoms with van der Waals surface area (Å²) < 4.78 is 0. The standard InChI is InChI=1S/C11H20N2O/c1-2-8-4-3-5-9(8)13-10(14)11(12)6-7-11/h8-9H,2-7,12H2,1H3,(H,13,14). The fourth-order valence-corrected chi connectivity index (χ4v) is 2.39. The van der Waals surface area contributed by atoms with E-state index in [0.29, 0.717) is 12.0 Å². The fraction of sp³-hybridized carbons (Fsp3) is 0.909. The molecule has 0 spiro atoms. The van der Waals surface area contributed by atoms with E-state index in [1.807, 2.05) is 0 Å². The molecular weight excluding hydrogens is 176 g/mol. The summed E-state index contributed by atoms with van der Waals surface area (Å²) in [5.74, 6) is 0.768. The maximum absolute atomic E-state index is 11.7. The van der Waals surface area contributed by atoms with E-state index in [1.54, 1.807) is 0 Å². The summed E-state index contributed by atoms with van der Waals surface area (Å²) >= 11 is 0. The van der Waals surface area contributed by atoms with Crippen LogP contribution in [0.3, 0.4) is 0 Å². The van der Waals surface area contributed by atoms with Gasteiger partial charge in [-0.25, -0.2) is 0 Å². The van der Waals surface area contributed by atoms with Gasteiger partial charge in [0.15, 0.2) is 0 Å². The van der Waals surface area contributed by atoms with Crippen molar-refractivity contribution in [2.45, 2.75) is 57.0 Å². The van der Waals surface area contributed by atoms with Gasteiger partial charge >= 0.3 is 0 Å². The predicted octanol–water partition coefficient (Wildman–Crippen LogP) is 1.17. The Balaban J connectivity index is 1.87. The summed E-state index contributed by atoms with van der Waals surface area (Å²) in [6.07, 6.45) is 6.55. The molecule has 0 aromatic carbocycles. The molecule has 0 aliphatic heterocycles. The van der Waals surface area contributed by atoms with Crippen LogP contribution in [0.15, 0.2) is 0 Å². The summed E-state index contributed by atoms with van der Waals surface area (Å²) in [4.78, 5) is 11.7. The molecular formula is C11H20N2O. The van der Waals surface area contributed by atoms with Gasteiger partial charge in [-0.3, -0.25) is 4.79 Å². The molecule has 0 bridgehead atoms. The molecule has 2 saturated carbocycles. The van der Waals surface area contributed by atoms with Crippen molar-refractivity contribution in [3.63, 3.8) is 0 Å². The molecule has 0 aromatic rings. The first-order valence-electron chi connectivity index (χ1n) is 5.75. The SMILES string of the molecule is CCC1CCCC1NC(=O)C1(N)CC1. The molecule has 0 saturated heterocycles. The number of rotatable bonds is 3. The highest BCUT2D eigenvalue weighted by Gasteiger charge is 2.47. The monoisotopic (exact) mass is 196 g/mol. The van der Waals surface area contributed by atoms with Crippen molar-refractivity contribution in [2.75, 3.05) is 0 Å². The molecule has 1 amide bonds. The van der Waals surface area contributed by atoms with E-state index >= 15 is 0 Å². The van der Waals surface area contributed by atoms with Gasteiger partial charge in [0.25, 0.3) is 0 Å². The first-order valence-corrected chi connectivity index (χ1v) is 5.75. The molecule has 14 heavy (non-hydrogen) atoms. The zero-order valence-corrected chi connectivity index (χ0v) is 8.88. The molecule has 2 aliphatic rings. The van der Waals surface area contributed by atoms with E-state index < -0.39 is 5.54 Å². The predicted molar refractivity (Wildman–Crippen MR) is 55.7 cm³/mol. The lowest BCUT2D eigenvalue weighted by molar-refractivity contribution is -0.124. The molecule has 0 radical (unpaired) electrons. The third kappa shape index (κ3) is 1.78. The van der Waals surface area contributed by atoms with Crippen LogP contribution in [0.25, 0.3) is 0 Å². The van der Waals surface area contributed by atoms with E-state index in [0.717, 1.165) is 19.3 Å². The number of hydrogen-bond acceptors (Lipinski definition) is 2. The molecule has 2 aliphatic carbocycles. The molecule has 2 fully saturated rings. The average molecular weight is 196 g/mol. The summed E-state index contributed by atoms with van der Waals surface area (Å²) in [6, 6.07) is 0.397. The lowest BCUT2D eigenvalue weighted by Gasteiger charge is -2.21. The Labute approximate surface area is 85.4 Å². The van der Waals surface area contributed by atoms with Gasteiger partial charge in [-0.2, -0.15) is 0 Å². The number of nitrogens with one attached hydrogen (secondary N) is 1. The maximum atomic E-state index is 11.7. The molecule has 80 valence electrons. The Morgan fingerprint density at radius 1 is 1.50 bits per heavy atom. The summed E-state index contributed by atoms with van der Waals surface area (Å²) in [5.41, 5.74) is 5.34. The fourth-order valence-electron chi connectivity index (χ4n) is 2.39. The molecule has 2 atom stereocenters. The molecule has 3 heteroatoms. The van der Waals surface area contributed by atoms with Crippen molar-refractivity contribution < 1.29 is 4.79 Å². The summed E-state index contributed by atoms with van der Waals surface area (Å²) in [7, 11) is 0. The lowest BCUT2D eigenvalue weighted by atomic mass is 10.0. The largest absolute Gasteiger partial charge is 0.351 e. The van der Waals surface area contributed by atoms with Crippen molar-refractivity contribution in [1.29, 1.82) is 0 Å². The van der Waals surface area contributed by atoms with Crippen LogP contribution in [-0.2, 0) is 4.79 Å². The average Bonchev–Trinajstić information content (AvgIpc) is 2.78. The number of amides is 1. The van der Waals surface area contributed by atoms with Gasteiger partial charge in [0.2, 0.25) is 5.91 Å². The van der Waals surface area contributed by atoms with E-state index in [4.69, 9.17) is 5.73 Å². The Hall–Kier alpha value is -0.570. The van der Waals surface area contributed by atoms with Crippen LogP contribution in [0.5, 0.6) is 0 Å². The van der Waals surface area contributed by atoms with Crippen LogP contribution >= 0.6 is 0 Å². The second-order valence-electron chi connectivity index (χ2n) is 4.84. The van der Waals surface area contributed by atoms with E-state index in [2.05, 4.69) is 12.2 Å². The number of carbonyl (C=O) groups is 1. The second kappa shape index (κ2) is 3.54. The Morgan fingerprint density at radius 3 is 2.79 bits per heavy atom. The normalized spacial score (nSPS) is 34.1. The van der Waals surface area contributed by atoms with Crippen LogP contribution in [0.1, 0.15) is 45.4 Å². The summed E-state index contributed by atoms with van der Waals surface area (Å²) in [6.45, 7) is 2.20. The molecule has 2 rings (SSSR count). The molecule has 3 nitrogen and oxygen atoms in total. The van der Waals surface area contributed by atoms with Crippen LogP contribution in [-0.4, -0.2) is 17.5 Å². The van der Waals surface area contributed by atoms with E-state index in [1.165, 1.54) is 19.3 Å². The van der Waals surface area contributed by atoms with Gasteiger partial charge in [0.1, 0.15) is 0 Å². The van der Waals surface area contributed by atoms with Gasteiger partial charge in [-0.05, 0) is 31.6 Å². The van der Waals surface area contributed by atoms with E-state index in [9.17, 15) is 4.79 Å². The minimum atomic E-state index is -0.499. The minimum absolute atomic E-state index is 0.0860. The first-order chi connectivity index (χ1) is 6.65. The van der Waals surface area contributed by atoms with Crippen molar-refractivity contribution in [2.24, 2.45) is 11.7 Å². The van der Waals surface area contributed by atoms with Crippen molar-refractivity contribution >= 4 is 5.91 Å². The van der Waals surface area contributed by atoms with E-state index in [-0.39, 0.29) is 5.91 Å². The minimum Gasteiger partial charge on any atom is -0.351 e. The Kier molecular flexibility index (Phi) is 2.52. The van der Waals surface area contributed by atoms with Crippen LogP contribution in [0.4, 0.5) is 0 Å². The van der Waals surface area contributed by atoms with Gasteiger partial charge in [-0.1, -0.05) is 19.8 Å². The highest BCUT2D eigenvalue weighted by atomic mass is 16.2. The second-order valence-corrected chi connectivity index (χ2v) is 4.84. The quantitative estimate of drug-likeness (QED) is 0.712. The third-order valence-corrected chi connectivity index (χ3v) is 3.74. The van der Waals surface area contributed by atoms with Crippen LogP contribution in [0.2, 0.25) is 0 Å². The van der Waals surface area contributed by atoms with Gasteiger partial charge in [-0.15, -0.1) is 0 Å². The number of carbonyl (C=O) groups excluding carboxylic acids is 1. The summed E-state index contributed by atoms with van der Waals surface area (Å²) in [5, 5.41) is 3.12. The molecule has 3 N–H and O–H groups in total. The first kappa shape index (κ1) is 9.97. The molecule has 0 aromatic heterocycles. The smallest absolute Gasteiger partial charge is 0.240 e. The highest BCUT2D eigenvalue weighted by molar-refractivity contribution is 5.89. The zero-order chi connectivity index (χ0) is 10.2. The number of hydrogen-bond donors (Lipinski definition) is 2. The molecule has 0 heterocycles.